The number of ether oxygens (including phenoxy) is 1. The number of esters is 1. The molecule has 0 amide bonds. The van der Waals surface area contributed by atoms with Gasteiger partial charge in [0.05, 0.1) is 28.8 Å². The van der Waals surface area contributed by atoms with Crippen LogP contribution in [0, 0.1) is 0 Å². The third-order valence-corrected chi connectivity index (χ3v) is 5.33. The number of thiocarbonyl (C=S) groups is 1. The summed E-state index contributed by atoms with van der Waals surface area (Å²) >= 11 is 18.1. The fourth-order valence-electron chi connectivity index (χ4n) is 2.98. The Morgan fingerprint density at radius 2 is 1.85 bits per heavy atom. The largest absolute Gasteiger partial charge is 0.466 e. The molecule has 0 radical (unpaired) electrons. The maximum atomic E-state index is 12.6. The quantitative estimate of drug-likeness (QED) is 0.581. The molecule has 3 rings (SSSR count). The van der Waals surface area contributed by atoms with Gasteiger partial charge in [-0.2, -0.15) is 0 Å². The molecule has 0 spiro atoms. The minimum atomic E-state index is -0.555. The Kier molecular flexibility index (Phi) is 5.51. The summed E-state index contributed by atoms with van der Waals surface area (Å²) in [6.45, 7) is 1.83. The highest BCUT2D eigenvalue weighted by atomic mass is 35.5. The van der Waals surface area contributed by atoms with Crippen molar-refractivity contribution < 1.29 is 9.53 Å². The molecule has 1 N–H and O–H groups in total. The summed E-state index contributed by atoms with van der Waals surface area (Å²) < 4.78 is 5.02. The van der Waals surface area contributed by atoms with Gasteiger partial charge in [0.25, 0.3) is 0 Å². The van der Waals surface area contributed by atoms with Crippen LogP contribution in [0.25, 0.3) is 0 Å². The van der Waals surface area contributed by atoms with Crippen LogP contribution in [0.2, 0.25) is 10.0 Å². The molecular formula is C19H16Cl2N2O2S. The van der Waals surface area contributed by atoms with E-state index in [0.717, 1.165) is 5.69 Å². The van der Waals surface area contributed by atoms with E-state index in [2.05, 4.69) is 5.32 Å². The second-order valence-electron chi connectivity index (χ2n) is 5.69. The van der Waals surface area contributed by atoms with Gasteiger partial charge in [-0.25, -0.2) is 4.79 Å². The van der Waals surface area contributed by atoms with Gasteiger partial charge in [-0.15, -0.1) is 0 Å². The van der Waals surface area contributed by atoms with E-state index in [1.54, 1.807) is 17.0 Å². The number of carbonyl (C=O) groups excluding carboxylic acids is 1. The van der Waals surface area contributed by atoms with Crippen molar-refractivity contribution in [3.8, 4) is 0 Å². The molecule has 0 saturated carbocycles. The summed E-state index contributed by atoms with van der Waals surface area (Å²) in [5, 5.41) is 4.44. The molecular weight excluding hydrogens is 391 g/mol. The van der Waals surface area contributed by atoms with Crippen LogP contribution in [-0.4, -0.2) is 18.2 Å². The highest BCUT2D eigenvalue weighted by Gasteiger charge is 2.36. The van der Waals surface area contributed by atoms with Crippen LogP contribution in [-0.2, 0) is 9.53 Å². The number of carbonyl (C=O) groups is 1. The fourth-order valence-corrected chi connectivity index (χ4v) is 3.76. The van der Waals surface area contributed by atoms with Crippen LogP contribution in [0.5, 0.6) is 0 Å². The van der Waals surface area contributed by atoms with Crippen LogP contribution in [0.1, 0.15) is 18.5 Å². The van der Waals surface area contributed by atoms with Crippen LogP contribution in [0.15, 0.2) is 59.8 Å². The molecule has 26 heavy (non-hydrogen) atoms. The number of nitrogens with one attached hydrogen (secondary N) is 1. The molecule has 2 aromatic carbocycles. The SMILES string of the molecule is COC(=O)C1=C(C)N(c2ccccc2)C(=S)N[C@@H]1c1cccc(Cl)c1Cl. The van der Waals surface area contributed by atoms with Gasteiger partial charge in [-0.05, 0) is 42.9 Å². The molecule has 1 aliphatic rings. The maximum absolute atomic E-state index is 12.6. The highest BCUT2D eigenvalue weighted by molar-refractivity contribution is 7.80. The van der Waals surface area contributed by atoms with Gasteiger partial charge in [0, 0.05) is 11.4 Å². The van der Waals surface area contributed by atoms with Crippen molar-refractivity contribution in [1.82, 2.24) is 5.32 Å². The molecule has 0 aliphatic carbocycles. The second kappa shape index (κ2) is 7.66. The van der Waals surface area contributed by atoms with Crippen LogP contribution >= 0.6 is 35.4 Å². The predicted molar refractivity (Wildman–Crippen MR) is 109 cm³/mol. The number of hydrogen-bond acceptors (Lipinski definition) is 3. The van der Waals surface area contributed by atoms with E-state index < -0.39 is 12.0 Å². The number of benzene rings is 2. The van der Waals surface area contributed by atoms with E-state index in [-0.39, 0.29) is 0 Å². The Balaban J connectivity index is 2.18. The van der Waals surface area contributed by atoms with Crippen LogP contribution in [0.4, 0.5) is 5.69 Å². The minimum Gasteiger partial charge on any atom is -0.466 e. The lowest BCUT2D eigenvalue weighted by Crippen LogP contribution is -2.48. The zero-order chi connectivity index (χ0) is 18.8. The smallest absolute Gasteiger partial charge is 0.337 e. The first kappa shape index (κ1) is 18.7. The number of halogens is 2. The zero-order valence-corrected chi connectivity index (χ0v) is 16.5. The molecule has 4 nitrogen and oxygen atoms in total. The van der Waals surface area contributed by atoms with E-state index in [9.17, 15) is 4.79 Å². The molecule has 7 heteroatoms. The average Bonchev–Trinajstić information content (AvgIpc) is 2.64. The number of rotatable bonds is 3. The molecule has 0 bridgehead atoms. The average molecular weight is 407 g/mol. The van der Waals surface area contributed by atoms with Crippen molar-refractivity contribution in [1.29, 1.82) is 0 Å². The minimum absolute atomic E-state index is 0.372. The molecule has 0 saturated heterocycles. The third kappa shape index (κ3) is 3.30. The van der Waals surface area contributed by atoms with E-state index in [4.69, 9.17) is 40.2 Å². The lowest BCUT2D eigenvalue weighted by atomic mass is 9.94. The summed E-state index contributed by atoms with van der Waals surface area (Å²) in [5.74, 6) is -0.459. The number of allylic oxidation sites excluding steroid dienone is 1. The van der Waals surface area contributed by atoms with Crippen LogP contribution < -0.4 is 10.2 Å². The first-order valence-electron chi connectivity index (χ1n) is 7.84. The summed E-state index contributed by atoms with van der Waals surface area (Å²) in [7, 11) is 1.35. The topological polar surface area (TPSA) is 41.6 Å². The Morgan fingerprint density at radius 1 is 1.15 bits per heavy atom. The van der Waals surface area contributed by atoms with Crippen LogP contribution in [0.3, 0.4) is 0 Å². The summed E-state index contributed by atoms with van der Waals surface area (Å²) in [5.41, 5.74) is 2.61. The molecule has 0 aromatic heterocycles. The lowest BCUT2D eigenvalue weighted by Gasteiger charge is -2.37. The van der Waals surface area contributed by atoms with Gasteiger partial charge in [0.1, 0.15) is 0 Å². The van der Waals surface area contributed by atoms with Crippen molar-refractivity contribution in [2.75, 3.05) is 12.0 Å². The lowest BCUT2D eigenvalue weighted by molar-refractivity contribution is -0.136. The number of methoxy groups -OCH3 is 1. The second-order valence-corrected chi connectivity index (χ2v) is 6.86. The maximum Gasteiger partial charge on any atom is 0.337 e. The number of hydrogen-bond donors (Lipinski definition) is 1. The van der Waals surface area contributed by atoms with Gasteiger partial charge in [0.15, 0.2) is 5.11 Å². The molecule has 134 valence electrons. The summed E-state index contributed by atoms with van der Waals surface area (Å²) in [4.78, 5) is 14.4. The van der Waals surface area contributed by atoms with Crippen molar-refractivity contribution in [2.24, 2.45) is 0 Å². The first-order chi connectivity index (χ1) is 12.5. The first-order valence-corrected chi connectivity index (χ1v) is 9.00. The van der Waals surface area contributed by atoms with Crippen molar-refractivity contribution in [3.05, 3.63) is 75.4 Å². The Hall–Kier alpha value is -2.08. The Morgan fingerprint density at radius 3 is 2.50 bits per heavy atom. The molecule has 2 aromatic rings. The standard InChI is InChI=1S/C19H16Cl2N2O2S/c1-11-15(18(24)25-2)17(13-9-6-10-14(20)16(13)21)22-19(26)23(11)12-7-4-3-5-8-12/h3-10,17H,1-2H3,(H,22,26)/t17-/m1/s1. The zero-order valence-electron chi connectivity index (χ0n) is 14.1. The predicted octanol–water partition coefficient (Wildman–Crippen LogP) is 4.88. The van der Waals surface area contributed by atoms with Crippen molar-refractivity contribution >= 4 is 52.2 Å². The highest BCUT2D eigenvalue weighted by Crippen LogP contribution is 2.38. The molecule has 1 atom stereocenters. The number of anilines is 1. The van der Waals surface area contributed by atoms with Gasteiger partial charge >= 0.3 is 5.97 Å². The molecule has 1 aliphatic heterocycles. The van der Waals surface area contributed by atoms with Gasteiger partial charge in [-0.1, -0.05) is 53.5 Å². The molecule has 1 heterocycles. The van der Waals surface area contributed by atoms with E-state index in [1.807, 2.05) is 43.3 Å². The van der Waals surface area contributed by atoms with E-state index in [1.165, 1.54) is 7.11 Å². The number of para-hydroxylation sites is 1. The Labute approximate surface area is 167 Å². The Bertz CT molecular complexity index is 900. The van der Waals surface area contributed by atoms with E-state index >= 15 is 0 Å². The van der Waals surface area contributed by atoms with Gasteiger partial charge in [-0.3, -0.25) is 4.90 Å². The molecule has 0 fully saturated rings. The summed E-state index contributed by atoms with van der Waals surface area (Å²) in [6.07, 6.45) is 0. The monoisotopic (exact) mass is 406 g/mol. The van der Waals surface area contributed by atoms with E-state index in [0.29, 0.717) is 32.0 Å². The van der Waals surface area contributed by atoms with Crippen molar-refractivity contribution in [2.45, 2.75) is 13.0 Å². The third-order valence-electron chi connectivity index (χ3n) is 4.20. The number of nitrogens with zero attached hydrogens (tertiary/aromatic N) is 1. The van der Waals surface area contributed by atoms with Gasteiger partial charge < -0.3 is 10.1 Å². The molecule has 0 unspecified atom stereocenters. The van der Waals surface area contributed by atoms with Crippen molar-refractivity contribution in [3.63, 3.8) is 0 Å². The fraction of sp³-hybridized carbons (Fsp3) is 0.158. The normalized spacial score (nSPS) is 17.2. The van der Waals surface area contributed by atoms with Gasteiger partial charge in [0.2, 0.25) is 0 Å². The summed E-state index contributed by atoms with van der Waals surface area (Å²) in [6, 6.07) is 14.3.